The van der Waals surface area contributed by atoms with Crippen molar-refractivity contribution in [1.82, 2.24) is 5.16 Å². The van der Waals surface area contributed by atoms with E-state index in [9.17, 15) is 4.79 Å². The summed E-state index contributed by atoms with van der Waals surface area (Å²) >= 11 is 5.84. The van der Waals surface area contributed by atoms with Crippen LogP contribution in [0.15, 0.2) is 57.8 Å². The Bertz CT molecular complexity index is 763. The first-order valence-electron chi connectivity index (χ1n) is 5.40. The minimum Gasteiger partial charge on any atom is -0.355 e. The van der Waals surface area contributed by atoms with Crippen LogP contribution in [0.1, 0.15) is 0 Å². The maximum atomic E-state index is 12.0. The Kier molecular flexibility index (Phi) is 2.61. The third kappa shape index (κ3) is 1.79. The SMILES string of the molecule is O=c1ccccc2onc(-c3ccc(Cl)cc3)c12. The van der Waals surface area contributed by atoms with E-state index >= 15 is 0 Å². The summed E-state index contributed by atoms with van der Waals surface area (Å²) in [5.74, 6) is 0. The van der Waals surface area contributed by atoms with Crippen molar-refractivity contribution in [2.75, 3.05) is 0 Å². The molecule has 0 aliphatic rings. The Morgan fingerprint density at radius 1 is 1.00 bits per heavy atom. The quantitative estimate of drug-likeness (QED) is 0.670. The van der Waals surface area contributed by atoms with E-state index in [1.165, 1.54) is 6.07 Å². The molecule has 88 valence electrons. The molecule has 3 aromatic rings. The fraction of sp³-hybridized carbons (Fsp3) is 0. The highest BCUT2D eigenvalue weighted by atomic mass is 35.5. The molecule has 0 spiro atoms. The standard InChI is InChI=1S/C14H8ClNO2/c15-10-7-5-9(6-8-10)14-13-11(17)3-1-2-4-12(13)18-16-14/h1-8H. The number of fused-ring (bicyclic) bond motifs is 1. The van der Waals surface area contributed by atoms with Crippen molar-refractivity contribution >= 4 is 22.6 Å². The predicted molar refractivity (Wildman–Crippen MR) is 70.7 cm³/mol. The maximum Gasteiger partial charge on any atom is 0.192 e. The minimum absolute atomic E-state index is 0.110. The lowest BCUT2D eigenvalue weighted by Crippen LogP contribution is -1.95. The number of aromatic nitrogens is 1. The molecule has 0 fully saturated rings. The molecule has 0 aliphatic heterocycles. The molecule has 1 aromatic heterocycles. The molecular weight excluding hydrogens is 250 g/mol. The van der Waals surface area contributed by atoms with Crippen molar-refractivity contribution < 1.29 is 4.52 Å². The average molecular weight is 258 g/mol. The second-order valence-electron chi connectivity index (χ2n) is 3.86. The van der Waals surface area contributed by atoms with Crippen molar-refractivity contribution in [3.05, 3.63) is 63.8 Å². The zero-order chi connectivity index (χ0) is 12.5. The molecule has 0 saturated heterocycles. The van der Waals surface area contributed by atoms with Gasteiger partial charge in [-0.2, -0.15) is 0 Å². The molecule has 0 radical (unpaired) electrons. The smallest absolute Gasteiger partial charge is 0.192 e. The van der Waals surface area contributed by atoms with Gasteiger partial charge in [-0.25, -0.2) is 0 Å². The summed E-state index contributed by atoms with van der Waals surface area (Å²) in [4.78, 5) is 12.0. The van der Waals surface area contributed by atoms with Crippen LogP contribution < -0.4 is 5.43 Å². The third-order valence-electron chi connectivity index (χ3n) is 2.69. The number of halogens is 1. The first-order chi connectivity index (χ1) is 8.75. The van der Waals surface area contributed by atoms with Gasteiger partial charge in [-0.05, 0) is 24.3 Å². The van der Waals surface area contributed by atoms with Crippen LogP contribution in [0.25, 0.3) is 22.2 Å². The van der Waals surface area contributed by atoms with Crippen LogP contribution in [0.2, 0.25) is 5.02 Å². The predicted octanol–water partition coefficient (Wildman–Crippen LogP) is 3.51. The first kappa shape index (κ1) is 11.0. The summed E-state index contributed by atoms with van der Waals surface area (Å²) < 4.78 is 5.19. The summed E-state index contributed by atoms with van der Waals surface area (Å²) in [5, 5.41) is 5.09. The molecule has 4 heteroatoms. The molecule has 2 aromatic carbocycles. The monoisotopic (exact) mass is 257 g/mol. The lowest BCUT2D eigenvalue weighted by atomic mass is 10.1. The lowest BCUT2D eigenvalue weighted by molar-refractivity contribution is 0.459. The van der Waals surface area contributed by atoms with E-state index < -0.39 is 0 Å². The zero-order valence-corrected chi connectivity index (χ0v) is 10.0. The second-order valence-corrected chi connectivity index (χ2v) is 4.30. The lowest BCUT2D eigenvalue weighted by Gasteiger charge is -1.95. The molecule has 18 heavy (non-hydrogen) atoms. The van der Waals surface area contributed by atoms with Crippen molar-refractivity contribution in [3.8, 4) is 11.3 Å². The van der Waals surface area contributed by atoms with E-state index in [1.54, 1.807) is 30.3 Å². The summed E-state index contributed by atoms with van der Waals surface area (Å²) in [6.45, 7) is 0. The van der Waals surface area contributed by atoms with E-state index in [1.807, 2.05) is 12.1 Å². The summed E-state index contributed by atoms with van der Waals surface area (Å²) in [6, 6.07) is 13.8. The molecule has 0 unspecified atom stereocenters. The van der Waals surface area contributed by atoms with Crippen LogP contribution in [0.4, 0.5) is 0 Å². The van der Waals surface area contributed by atoms with Crippen LogP contribution in [0.5, 0.6) is 0 Å². The normalized spacial score (nSPS) is 10.7. The number of benzene rings is 1. The van der Waals surface area contributed by atoms with Crippen molar-refractivity contribution in [2.24, 2.45) is 0 Å². The second kappa shape index (κ2) is 4.27. The topological polar surface area (TPSA) is 43.1 Å². The minimum atomic E-state index is -0.110. The van der Waals surface area contributed by atoms with Gasteiger partial charge in [0.1, 0.15) is 5.69 Å². The van der Waals surface area contributed by atoms with Crippen LogP contribution in [0, 0.1) is 0 Å². The van der Waals surface area contributed by atoms with Crippen LogP contribution in [-0.4, -0.2) is 5.16 Å². The van der Waals surface area contributed by atoms with E-state index in [0.717, 1.165) is 5.56 Å². The van der Waals surface area contributed by atoms with Gasteiger partial charge in [-0.3, -0.25) is 4.79 Å². The number of hydrogen-bond donors (Lipinski definition) is 0. The molecule has 1 heterocycles. The Morgan fingerprint density at radius 3 is 2.50 bits per heavy atom. The van der Waals surface area contributed by atoms with Gasteiger partial charge in [0, 0.05) is 10.6 Å². The summed E-state index contributed by atoms with van der Waals surface area (Å²) in [6.07, 6.45) is 0. The molecule has 3 rings (SSSR count). The third-order valence-corrected chi connectivity index (χ3v) is 2.94. The number of nitrogens with zero attached hydrogens (tertiary/aromatic N) is 1. The summed E-state index contributed by atoms with van der Waals surface area (Å²) in [7, 11) is 0. The van der Waals surface area contributed by atoms with Crippen molar-refractivity contribution in [2.45, 2.75) is 0 Å². The van der Waals surface area contributed by atoms with Gasteiger partial charge in [0.2, 0.25) is 0 Å². The van der Waals surface area contributed by atoms with Gasteiger partial charge in [-0.15, -0.1) is 0 Å². The Hall–Kier alpha value is -2.13. The molecular formula is C14H8ClNO2. The number of rotatable bonds is 1. The van der Waals surface area contributed by atoms with Gasteiger partial charge in [0.25, 0.3) is 0 Å². The van der Waals surface area contributed by atoms with Crippen molar-refractivity contribution in [3.63, 3.8) is 0 Å². The Morgan fingerprint density at radius 2 is 1.72 bits per heavy atom. The molecule has 3 nitrogen and oxygen atoms in total. The van der Waals surface area contributed by atoms with Gasteiger partial charge < -0.3 is 4.52 Å². The van der Waals surface area contributed by atoms with Crippen LogP contribution >= 0.6 is 11.6 Å². The van der Waals surface area contributed by atoms with Gasteiger partial charge >= 0.3 is 0 Å². The molecule has 0 amide bonds. The van der Waals surface area contributed by atoms with E-state index in [4.69, 9.17) is 16.1 Å². The average Bonchev–Trinajstić information content (AvgIpc) is 2.71. The van der Waals surface area contributed by atoms with Crippen LogP contribution in [0.3, 0.4) is 0 Å². The molecule has 0 aliphatic carbocycles. The maximum absolute atomic E-state index is 12.0. The Balaban J connectivity index is 2.34. The molecule has 0 atom stereocenters. The van der Waals surface area contributed by atoms with Crippen molar-refractivity contribution in [1.29, 1.82) is 0 Å². The highest BCUT2D eigenvalue weighted by molar-refractivity contribution is 6.30. The molecule has 0 N–H and O–H groups in total. The molecule has 0 bridgehead atoms. The van der Waals surface area contributed by atoms with Gasteiger partial charge in [0.05, 0.1) is 5.39 Å². The summed E-state index contributed by atoms with van der Waals surface area (Å²) in [5.41, 5.74) is 1.72. The Labute approximate surface area is 108 Å². The first-order valence-corrected chi connectivity index (χ1v) is 5.78. The van der Waals surface area contributed by atoms with Gasteiger partial charge in [-0.1, -0.05) is 41.0 Å². The highest BCUT2D eigenvalue weighted by Gasteiger charge is 2.11. The molecule has 0 saturated carbocycles. The van der Waals surface area contributed by atoms with Gasteiger partial charge in [0.15, 0.2) is 11.0 Å². The largest absolute Gasteiger partial charge is 0.355 e. The zero-order valence-electron chi connectivity index (χ0n) is 9.26. The van der Waals surface area contributed by atoms with Crippen LogP contribution in [-0.2, 0) is 0 Å². The van der Waals surface area contributed by atoms with E-state index in [-0.39, 0.29) is 5.43 Å². The van der Waals surface area contributed by atoms with E-state index in [2.05, 4.69) is 5.16 Å². The highest BCUT2D eigenvalue weighted by Crippen LogP contribution is 2.25. The van der Waals surface area contributed by atoms with E-state index in [0.29, 0.717) is 21.7 Å². The number of hydrogen-bond acceptors (Lipinski definition) is 3. The fourth-order valence-electron chi connectivity index (χ4n) is 1.83. The fourth-order valence-corrected chi connectivity index (χ4v) is 1.95.